The van der Waals surface area contributed by atoms with E-state index in [4.69, 9.17) is 21.1 Å². The smallest absolute Gasteiger partial charge is 0.122 e. The summed E-state index contributed by atoms with van der Waals surface area (Å²) in [6.07, 6.45) is 3.51. The first-order valence-corrected chi connectivity index (χ1v) is 14.1. The molecule has 2 heterocycles. The number of hydrogen-bond donors (Lipinski definition) is 2. The summed E-state index contributed by atoms with van der Waals surface area (Å²) in [6, 6.07) is 21.9. The first-order valence-electron chi connectivity index (χ1n) is 13.7. The largest absolute Gasteiger partial charge is 0.491 e. The van der Waals surface area contributed by atoms with Crippen molar-refractivity contribution in [3.8, 4) is 16.9 Å². The second-order valence-corrected chi connectivity index (χ2v) is 11.2. The molecule has 3 aromatic carbocycles. The number of rotatable bonds is 11. The van der Waals surface area contributed by atoms with Gasteiger partial charge in [0, 0.05) is 43.2 Å². The Bertz CT molecular complexity index is 1230. The average Bonchev–Trinajstić information content (AvgIpc) is 3.44. The number of aliphatic hydroxyl groups excluding tert-OH is 1. The summed E-state index contributed by atoms with van der Waals surface area (Å²) in [4.78, 5) is 2.65. The van der Waals surface area contributed by atoms with Gasteiger partial charge in [0.1, 0.15) is 18.6 Å². The van der Waals surface area contributed by atoms with Gasteiger partial charge in [0.2, 0.25) is 0 Å². The highest BCUT2D eigenvalue weighted by molar-refractivity contribution is 6.30. The number of fused-ring (bicyclic) bond motifs is 2. The van der Waals surface area contributed by atoms with Crippen molar-refractivity contribution >= 4 is 11.6 Å². The third kappa shape index (κ3) is 6.08. The number of hydrogen-bond acceptors (Lipinski definition) is 5. The molecule has 0 amide bonds. The van der Waals surface area contributed by atoms with Crippen LogP contribution >= 0.6 is 11.6 Å². The Morgan fingerprint density at radius 1 is 1.00 bits per heavy atom. The van der Waals surface area contributed by atoms with Crippen molar-refractivity contribution in [2.24, 2.45) is 0 Å². The normalized spacial score (nSPS) is 21.7. The quantitative estimate of drug-likeness (QED) is 0.237. The number of nitrogens with one attached hydrogen (secondary N) is 1. The van der Waals surface area contributed by atoms with Gasteiger partial charge in [-0.2, -0.15) is 0 Å². The monoisotopic (exact) mass is 534 g/mol. The molecular formula is C32H39ClN2O3. The minimum absolute atomic E-state index is 0.307. The van der Waals surface area contributed by atoms with Crippen molar-refractivity contribution in [1.29, 1.82) is 0 Å². The lowest BCUT2D eigenvalue weighted by molar-refractivity contribution is 0.111. The van der Waals surface area contributed by atoms with Gasteiger partial charge in [-0.1, -0.05) is 54.1 Å². The zero-order valence-electron chi connectivity index (χ0n) is 22.6. The van der Waals surface area contributed by atoms with E-state index in [2.05, 4.69) is 60.5 Å². The number of methoxy groups -OCH3 is 1. The number of benzene rings is 3. The molecular weight excluding hydrogens is 496 g/mol. The maximum Gasteiger partial charge on any atom is 0.122 e. The molecule has 0 saturated carbocycles. The zero-order valence-corrected chi connectivity index (χ0v) is 23.4. The van der Waals surface area contributed by atoms with Crippen LogP contribution in [0.3, 0.4) is 0 Å². The lowest BCUT2D eigenvalue weighted by Crippen LogP contribution is -2.46. The molecule has 0 aliphatic carbocycles. The highest BCUT2D eigenvalue weighted by Gasteiger charge is 2.46. The van der Waals surface area contributed by atoms with Crippen LogP contribution in [0.2, 0.25) is 5.02 Å². The van der Waals surface area contributed by atoms with Gasteiger partial charge < -0.3 is 14.6 Å². The van der Waals surface area contributed by atoms with Crippen LogP contribution in [0.4, 0.5) is 0 Å². The fraction of sp³-hybridized carbons (Fsp3) is 0.438. The Kier molecular flexibility index (Phi) is 8.71. The van der Waals surface area contributed by atoms with E-state index in [1.807, 2.05) is 24.3 Å². The molecule has 4 atom stereocenters. The lowest BCUT2D eigenvalue weighted by atomic mass is 9.95. The van der Waals surface area contributed by atoms with E-state index in [9.17, 15) is 5.11 Å². The van der Waals surface area contributed by atoms with Crippen molar-refractivity contribution < 1.29 is 14.6 Å². The summed E-state index contributed by atoms with van der Waals surface area (Å²) in [5, 5.41) is 15.3. The molecule has 38 heavy (non-hydrogen) atoms. The predicted octanol–water partition coefficient (Wildman–Crippen LogP) is 5.91. The fourth-order valence-electron chi connectivity index (χ4n) is 6.19. The Labute approximate surface area is 231 Å². The molecule has 0 radical (unpaired) electrons. The summed E-state index contributed by atoms with van der Waals surface area (Å²) < 4.78 is 11.0. The molecule has 6 heteroatoms. The van der Waals surface area contributed by atoms with Gasteiger partial charge >= 0.3 is 0 Å². The Hall–Kier alpha value is -2.41. The van der Waals surface area contributed by atoms with E-state index >= 15 is 0 Å². The molecule has 3 aromatic rings. The summed E-state index contributed by atoms with van der Waals surface area (Å²) in [5.74, 6) is 0.940. The van der Waals surface area contributed by atoms with Crippen LogP contribution in [0.1, 0.15) is 41.5 Å². The molecule has 202 valence electrons. The van der Waals surface area contributed by atoms with Gasteiger partial charge in [-0.25, -0.2) is 0 Å². The summed E-state index contributed by atoms with van der Waals surface area (Å²) in [6.45, 7) is 6.43. The lowest BCUT2D eigenvalue weighted by Gasteiger charge is -2.28. The van der Waals surface area contributed by atoms with E-state index in [1.54, 1.807) is 7.11 Å². The van der Waals surface area contributed by atoms with Gasteiger partial charge in [0.15, 0.2) is 0 Å². The number of halogens is 1. The SMILES string of the molecule is COCCOc1ccc(CN2C3CCC2C(N[C@@H](O)Cc2cccc(-c4ccc(Cl)cc4)c2)C3)c(C)c1C. The molecule has 2 saturated heterocycles. The van der Waals surface area contributed by atoms with Crippen LogP contribution in [-0.4, -0.2) is 54.7 Å². The number of nitrogens with zero attached hydrogens (tertiary/aromatic N) is 1. The van der Waals surface area contributed by atoms with Crippen molar-refractivity contribution in [1.82, 2.24) is 10.2 Å². The Morgan fingerprint density at radius 2 is 1.82 bits per heavy atom. The molecule has 2 N–H and O–H groups in total. The third-order valence-electron chi connectivity index (χ3n) is 8.37. The number of ether oxygens (including phenoxy) is 2. The van der Waals surface area contributed by atoms with Gasteiger partial charge in [-0.3, -0.25) is 10.2 Å². The standard InChI is InChI=1S/C32H39ClN2O3/c1-21-22(2)31(38-16-15-37-3)14-9-26(21)20-35-28-12-13-30(35)29(19-28)34-32(36)18-23-5-4-6-25(17-23)24-7-10-27(33)11-8-24/h4-11,14,17,28-30,32,34,36H,12-13,15-16,18-20H2,1-3H3/t28?,29?,30?,32-/m0/s1. The van der Waals surface area contributed by atoms with Crippen LogP contribution in [0, 0.1) is 13.8 Å². The molecule has 5 nitrogen and oxygen atoms in total. The van der Waals surface area contributed by atoms with Crippen LogP contribution in [0.5, 0.6) is 5.75 Å². The van der Waals surface area contributed by atoms with Crippen LogP contribution in [0.15, 0.2) is 60.7 Å². The second-order valence-electron chi connectivity index (χ2n) is 10.7. The zero-order chi connectivity index (χ0) is 26.6. The third-order valence-corrected chi connectivity index (χ3v) is 8.62. The first-order chi connectivity index (χ1) is 18.4. The highest BCUT2D eigenvalue weighted by atomic mass is 35.5. The molecule has 3 unspecified atom stereocenters. The predicted molar refractivity (Wildman–Crippen MR) is 154 cm³/mol. The maximum absolute atomic E-state index is 11.0. The highest BCUT2D eigenvalue weighted by Crippen LogP contribution is 2.40. The van der Waals surface area contributed by atoms with Crippen LogP contribution in [0.25, 0.3) is 11.1 Å². The van der Waals surface area contributed by atoms with E-state index in [0.29, 0.717) is 37.8 Å². The molecule has 2 bridgehead atoms. The van der Waals surface area contributed by atoms with Crippen molar-refractivity contribution in [2.75, 3.05) is 20.3 Å². The van der Waals surface area contributed by atoms with Crippen LogP contribution in [-0.2, 0) is 17.7 Å². The van der Waals surface area contributed by atoms with Crippen molar-refractivity contribution in [3.63, 3.8) is 0 Å². The van der Waals surface area contributed by atoms with Gasteiger partial charge in [0.25, 0.3) is 0 Å². The van der Waals surface area contributed by atoms with E-state index in [0.717, 1.165) is 40.4 Å². The molecule has 2 fully saturated rings. The van der Waals surface area contributed by atoms with E-state index in [-0.39, 0.29) is 0 Å². The average molecular weight is 535 g/mol. The van der Waals surface area contributed by atoms with Crippen molar-refractivity contribution in [3.05, 3.63) is 87.9 Å². The second kappa shape index (κ2) is 12.2. The molecule has 2 aliphatic rings. The Morgan fingerprint density at radius 3 is 2.61 bits per heavy atom. The first kappa shape index (κ1) is 27.2. The van der Waals surface area contributed by atoms with E-state index in [1.165, 1.54) is 29.5 Å². The van der Waals surface area contributed by atoms with Crippen LogP contribution < -0.4 is 10.1 Å². The minimum Gasteiger partial charge on any atom is -0.491 e. The van der Waals surface area contributed by atoms with Gasteiger partial charge in [-0.15, -0.1) is 0 Å². The van der Waals surface area contributed by atoms with Crippen molar-refractivity contribution in [2.45, 2.75) is 70.4 Å². The summed E-state index contributed by atoms with van der Waals surface area (Å²) in [7, 11) is 1.69. The van der Waals surface area contributed by atoms with Gasteiger partial charge in [0.05, 0.1) is 6.61 Å². The molecule has 5 rings (SSSR count). The summed E-state index contributed by atoms with van der Waals surface area (Å²) in [5.41, 5.74) is 7.25. The fourth-order valence-corrected chi connectivity index (χ4v) is 6.31. The maximum atomic E-state index is 11.0. The van der Waals surface area contributed by atoms with E-state index < -0.39 is 6.23 Å². The number of aliphatic hydroxyl groups is 1. The minimum atomic E-state index is -0.575. The topological polar surface area (TPSA) is 54.0 Å². The Balaban J connectivity index is 1.19. The molecule has 0 aromatic heterocycles. The van der Waals surface area contributed by atoms with Gasteiger partial charge in [-0.05, 0) is 84.7 Å². The molecule has 0 spiro atoms. The molecule has 2 aliphatic heterocycles. The summed E-state index contributed by atoms with van der Waals surface area (Å²) >= 11 is 6.05.